The van der Waals surface area contributed by atoms with Gasteiger partial charge in [0.05, 0.1) is 0 Å². The van der Waals surface area contributed by atoms with E-state index in [-0.39, 0.29) is 0 Å². The Bertz CT molecular complexity index is 184. The predicted molar refractivity (Wildman–Crippen MR) is 37.4 cm³/mol. The van der Waals surface area contributed by atoms with E-state index >= 15 is 0 Å². The molecular weight excluding hydrogens is 130 g/mol. The van der Waals surface area contributed by atoms with E-state index in [1.54, 1.807) is 11.3 Å². The van der Waals surface area contributed by atoms with Crippen LogP contribution < -0.4 is 5.32 Å². The summed E-state index contributed by atoms with van der Waals surface area (Å²) in [7, 11) is 0. The number of hydrogen-bond donors (Lipinski definition) is 1. The van der Waals surface area contributed by atoms with Gasteiger partial charge in [0.15, 0.2) is 0 Å². The first-order chi connectivity index (χ1) is 4.47. The SMILES string of the molecule is c1sc2c(c#1)CCNC2. The molecule has 0 saturated heterocycles. The molecule has 0 radical (unpaired) electrons. The third-order valence-corrected chi connectivity index (χ3v) is 2.39. The van der Waals surface area contributed by atoms with E-state index in [2.05, 4.69) is 16.8 Å². The normalized spacial score (nSPS) is 16.4. The van der Waals surface area contributed by atoms with Gasteiger partial charge in [-0.3, -0.25) is 0 Å². The molecule has 0 aromatic carbocycles. The predicted octanol–water partition coefficient (Wildman–Crippen LogP) is 0.994. The van der Waals surface area contributed by atoms with Crippen LogP contribution in [0.15, 0.2) is 0 Å². The lowest BCUT2D eigenvalue weighted by atomic mass is 10.1. The van der Waals surface area contributed by atoms with Gasteiger partial charge in [0.1, 0.15) is 0 Å². The van der Waals surface area contributed by atoms with Gasteiger partial charge in [-0.25, -0.2) is 0 Å². The van der Waals surface area contributed by atoms with Crippen LogP contribution in [-0.2, 0) is 13.0 Å². The van der Waals surface area contributed by atoms with E-state index in [1.165, 1.54) is 10.4 Å². The second-order valence-corrected chi connectivity index (χ2v) is 3.06. The smallest absolute Gasteiger partial charge is 0.0390 e. The Balaban J connectivity index is 2.39. The summed E-state index contributed by atoms with van der Waals surface area (Å²) in [6.45, 7) is 2.13. The molecule has 0 unspecified atom stereocenters. The van der Waals surface area contributed by atoms with E-state index in [0.29, 0.717) is 0 Å². The zero-order chi connectivity index (χ0) is 6.10. The second-order valence-electron chi connectivity index (χ2n) is 2.16. The maximum absolute atomic E-state index is 3.30. The summed E-state index contributed by atoms with van der Waals surface area (Å²) in [5.41, 5.74) is 1.37. The van der Waals surface area contributed by atoms with Crippen molar-refractivity contribution in [1.29, 1.82) is 0 Å². The Morgan fingerprint density at radius 3 is 3.44 bits per heavy atom. The Morgan fingerprint density at radius 1 is 1.56 bits per heavy atom. The van der Waals surface area contributed by atoms with E-state index in [9.17, 15) is 0 Å². The molecule has 1 aromatic heterocycles. The molecule has 2 heteroatoms. The number of fused-ring (bicyclic) bond motifs is 1. The zero-order valence-electron chi connectivity index (χ0n) is 5.03. The van der Waals surface area contributed by atoms with E-state index in [1.807, 2.05) is 0 Å². The molecule has 0 saturated carbocycles. The lowest BCUT2D eigenvalue weighted by molar-refractivity contribution is 0.654. The summed E-state index contributed by atoms with van der Waals surface area (Å²) < 4.78 is 0. The molecule has 1 aliphatic rings. The van der Waals surface area contributed by atoms with Crippen molar-refractivity contribution in [2.45, 2.75) is 13.0 Å². The van der Waals surface area contributed by atoms with Crippen molar-refractivity contribution >= 4 is 11.3 Å². The standard InChI is InChI=1S/C7H7NS/c1-3-8-5-7-6(1)2-4-9-7/h8H,1,3,5H2. The summed E-state index contributed by atoms with van der Waals surface area (Å²) >= 11 is 1.68. The van der Waals surface area contributed by atoms with Crippen LogP contribution in [0.1, 0.15) is 10.4 Å². The van der Waals surface area contributed by atoms with Gasteiger partial charge < -0.3 is 5.32 Å². The lowest BCUT2D eigenvalue weighted by Crippen LogP contribution is -2.21. The van der Waals surface area contributed by atoms with Gasteiger partial charge >= 0.3 is 0 Å². The van der Waals surface area contributed by atoms with Crippen molar-refractivity contribution in [2.75, 3.05) is 6.54 Å². The van der Waals surface area contributed by atoms with Crippen LogP contribution in [0.25, 0.3) is 0 Å². The minimum atomic E-state index is 1.03. The fraction of sp³-hybridized carbons (Fsp3) is 0.429. The quantitative estimate of drug-likeness (QED) is 0.562. The Kier molecular flexibility index (Phi) is 1.18. The van der Waals surface area contributed by atoms with Crippen LogP contribution in [0, 0.1) is 11.4 Å². The molecule has 1 aromatic rings. The molecule has 1 aliphatic heterocycles. The van der Waals surface area contributed by atoms with Gasteiger partial charge in [-0.05, 0) is 11.8 Å². The van der Waals surface area contributed by atoms with Gasteiger partial charge in [0.2, 0.25) is 0 Å². The minimum absolute atomic E-state index is 1.03. The van der Waals surface area contributed by atoms with E-state index < -0.39 is 0 Å². The van der Waals surface area contributed by atoms with Crippen LogP contribution in [-0.4, -0.2) is 6.54 Å². The fourth-order valence-electron chi connectivity index (χ4n) is 1.04. The molecule has 46 valence electrons. The number of rotatable bonds is 0. The van der Waals surface area contributed by atoms with Gasteiger partial charge in [0, 0.05) is 23.5 Å². The monoisotopic (exact) mass is 137 g/mol. The maximum Gasteiger partial charge on any atom is 0.0390 e. The van der Waals surface area contributed by atoms with Crippen LogP contribution in [0.4, 0.5) is 0 Å². The fourth-order valence-corrected chi connectivity index (χ4v) is 1.79. The van der Waals surface area contributed by atoms with Gasteiger partial charge in [-0.15, -0.1) is 0 Å². The lowest BCUT2D eigenvalue weighted by Gasteiger charge is -2.09. The topological polar surface area (TPSA) is 12.0 Å². The molecule has 2 rings (SSSR count). The molecule has 9 heavy (non-hydrogen) atoms. The first-order valence-corrected chi connectivity index (χ1v) is 3.89. The Labute approximate surface area is 58.7 Å². The largest absolute Gasteiger partial charge is 0.311 e. The van der Waals surface area contributed by atoms with E-state index in [0.717, 1.165) is 19.5 Å². The molecule has 0 amide bonds. The molecule has 1 N–H and O–H groups in total. The molecule has 0 atom stereocenters. The number of nitrogens with one attached hydrogen (secondary N) is 1. The number of hydrogen-bond acceptors (Lipinski definition) is 2. The molecule has 0 spiro atoms. The average Bonchev–Trinajstić information content (AvgIpc) is 2.33. The van der Waals surface area contributed by atoms with Crippen LogP contribution in [0.5, 0.6) is 0 Å². The highest BCUT2D eigenvalue weighted by Gasteiger charge is 2.07. The Morgan fingerprint density at radius 2 is 2.56 bits per heavy atom. The molecule has 2 heterocycles. The van der Waals surface area contributed by atoms with Gasteiger partial charge in [-0.1, -0.05) is 17.4 Å². The summed E-state index contributed by atoms with van der Waals surface area (Å²) in [4.78, 5) is 1.42. The van der Waals surface area contributed by atoms with Crippen molar-refractivity contribution < 1.29 is 0 Å². The van der Waals surface area contributed by atoms with E-state index in [4.69, 9.17) is 0 Å². The van der Waals surface area contributed by atoms with Gasteiger partial charge in [-0.2, -0.15) is 0 Å². The summed E-state index contributed by atoms with van der Waals surface area (Å²) in [6.07, 6.45) is 1.13. The second kappa shape index (κ2) is 2.02. The molecule has 0 aliphatic carbocycles. The first kappa shape index (κ1) is 5.28. The van der Waals surface area contributed by atoms with Crippen LogP contribution in [0.2, 0.25) is 0 Å². The molecular formula is C7H7NS. The highest BCUT2D eigenvalue weighted by atomic mass is 32.1. The van der Waals surface area contributed by atoms with Crippen molar-refractivity contribution in [3.8, 4) is 0 Å². The van der Waals surface area contributed by atoms with Crippen LogP contribution in [0.3, 0.4) is 0 Å². The van der Waals surface area contributed by atoms with Crippen LogP contribution >= 0.6 is 11.3 Å². The third kappa shape index (κ3) is 0.827. The molecule has 1 nitrogen and oxygen atoms in total. The van der Waals surface area contributed by atoms with Gasteiger partial charge in [0.25, 0.3) is 0 Å². The first-order valence-electron chi connectivity index (χ1n) is 3.07. The molecule has 0 bridgehead atoms. The Hall–Kier alpha value is -0.520. The molecule has 0 fully saturated rings. The minimum Gasteiger partial charge on any atom is -0.311 e. The van der Waals surface area contributed by atoms with Crippen molar-refractivity contribution in [3.05, 3.63) is 21.9 Å². The summed E-state index contributed by atoms with van der Waals surface area (Å²) in [5, 5.41) is 6.31. The van der Waals surface area contributed by atoms with Crippen molar-refractivity contribution in [2.24, 2.45) is 0 Å². The maximum atomic E-state index is 3.30. The highest BCUT2D eigenvalue weighted by molar-refractivity contribution is 7.09. The zero-order valence-corrected chi connectivity index (χ0v) is 5.85. The summed E-state index contributed by atoms with van der Waals surface area (Å²) in [5.74, 6) is 0. The average molecular weight is 137 g/mol. The third-order valence-electron chi connectivity index (χ3n) is 1.55. The van der Waals surface area contributed by atoms with Crippen molar-refractivity contribution in [1.82, 2.24) is 5.32 Å². The highest BCUT2D eigenvalue weighted by Crippen LogP contribution is 2.14. The summed E-state index contributed by atoms with van der Waals surface area (Å²) in [6, 6.07) is 3.11. The van der Waals surface area contributed by atoms with Crippen molar-refractivity contribution in [3.63, 3.8) is 0 Å².